The van der Waals surface area contributed by atoms with Crippen LogP contribution >= 0.6 is 0 Å². The molecule has 0 unspecified atom stereocenters. The van der Waals surface area contributed by atoms with Gasteiger partial charge in [0.25, 0.3) is 0 Å². The molecular weight excluding hydrogens is 210 g/mol. The third-order valence-electron chi connectivity index (χ3n) is 2.72. The number of hydrogen-bond acceptors (Lipinski definition) is 2. The molecule has 0 saturated carbocycles. The lowest BCUT2D eigenvalue weighted by Gasteiger charge is -2.12. The Morgan fingerprint density at radius 1 is 0.882 bits per heavy atom. The second-order valence-electron chi connectivity index (χ2n) is 4.40. The molecule has 0 heterocycles. The van der Waals surface area contributed by atoms with E-state index in [0.29, 0.717) is 0 Å². The highest BCUT2D eigenvalue weighted by atomic mass is 16.5. The Kier molecular flexibility index (Phi) is 3.05. The molecule has 0 aromatic heterocycles. The predicted octanol–water partition coefficient (Wildman–Crippen LogP) is 3.99. The second-order valence-corrected chi connectivity index (χ2v) is 4.40. The van der Waals surface area contributed by atoms with Gasteiger partial charge in [-0.1, -0.05) is 17.7 Å². The molecule has 0 aliphatic rings. The topological polar surface area (TPSA) is 35.2 Å². The third-order valence-corrected chi connectivity index (χ3v) is 2.72. The molecule has 2 rings (SSSR count). The van der Waals surface area contributed by atoms with Gasteiger partial charge in [0.05, 0.1) is 0 Å². The number of nitrogen functional groups attached to an aromatic ring is 1. The molecule has 2 heteroatoms. The summed E-state index contributed by atoms with van der Waals surface area (Å²) in [6.45, 7) is 6.07. The van der Waals surface area contributed by atoms with Gasteiger partial charge < -0.3 is 10.5 Å². The Labute approximate surface area is 102 Å². The normalized spacial score (nSPS) is 10.3. The molecule has 0 saturated heterocycles. The molecule has 0 atom stereocenters. The van der Waals surface area contributed by atoms with E-state index in [1.54, 1.807) is 0 Å². The number of anilines is 1. The summed E-state index contributed by atoms with van der Waals surface area (Å²) in [6, 6.07) is 11.9. The van der Waals surface area contributed by atoms with E-state index in [4.69, 9.17) is 10.5 Å². The van der Waals surface area contributed by atoms with Crippen LogP contribution in [0.5, 0.6) is 11.5 Å². The average molecular weight is 227 g/mol. The maximum Gasteiger partial charge on any atom is 0.133 e. The molecule has 2 N–H and O–H groups in total. The zero-order chi connectivity index (χ0) is 12.4. The maximum atomic E-state index is 5.89. The molecular formula is C15H17NO. The second kappa shape index (κ2) is 4.50. The van der Waals surface area contributed by atoms with Gasteiger partial charge in [0.2, 0.25) is 0 Å². The van der Waals surface area contributed by atoms with Crippen molar-refractivity contribution < 1.29 is 4.74 Å². The van der Waals surface area contributed by atoms with E-state index in [2.05, 4.69) is 6.92 Å². The van der Waals surface area contributed by atoms with E-state index >= 15 is 0 Å². The van der Waals surface area contributed by atoms with E-state index in [1.165, 1.54) is 5.56 Å². The number of ether oxygens (including phenoxy) is 1. The van der Waals surface area contributed by atoms with Crippen LogP contribution in [-0.4, -0.2) is 0 Å². The van der Waals surface area contributed by atoms with Crippen molar-refractivity contribution in [3.63, 3.8) is 0 Å². The average Bonchev–Trinajstić information content (AvgIpc) is 2.26. The highest BCUT2D eigenvalue weighted by molar-refractivity contribution is 5.53. The highest BCUT2D eigenvalue weighted by Crippen LogP contribution is 2.30. The van der Waals surface area contributed by atoms with Crippen LogP contribution < -0.4 is 10.5 Å². The Morgan fingerprint density at radius 3 is 1.94 bits per heavy atom. The van der Waals surface area contributed by atoms with Gasteiger partial charge in [0, 0.05) is 5.69 Å². The predicted molar refractivity (Wildman–Crippen MR) is 71.6 cm³/mol. The molecule has 0 radical (unpaired) electrons. The standard InChI is InChI=1S/C15H17NO/c1-10-4-6-14(7-5-10)17-15-11(2)8-13(16)9-12(15)3/h4-9H,16H2,1-3H3. The summed E-state index contributed by atoms with van der Waals surface area (Å²) < 4.78 is 5.89. The van der Waals surface area contributed by atoms with Crippen LogP contribution in [0.2, 0.25) is 0 Å². The first kappa shape index (κ1) is 11.5. The van der Waals surface area contributed by atoms with Crippen LogP contribution in [0.3, 0.4) is 0 Å². The van der Waals surface area contributed by atoms with Crippen LogP contribution in [0.15, 0.2) is 36.4 Å². The maximum absolute atomic E-state index is 5.89. The fourth-order valence-corrected chi connectivity index (χ4v) is 1.87. The van der Waals surface area contributed by atoms with Gasteiger partial charge in [-0.15, -0.1) is 0 Å². The molecule has 88 valence electrons. The van der Waals surface area contributed by atoms with Crippen molar-refractivity contribution in [3.05, 3.63) is 53.1 Å². The van der Waals surface area contributed by atoms with Crippen molar-refractivity contribution >= 4 is 5.69 Å². The largest absolute Gasteiger partial charge is 0.457 e. The zero-order valence-corrected chi connectivity index (χ0v) is 10.4. The number of rotatable bonds is 2. The quantitative estimate of drug-likeness (QED) is 0.787. The molecule has 2 aromatic rings. The minimum absolute atomic E-state index is 0.774. The van der Waals surface area contributed by atoms with Gasteiger partial charge >= 0.3 is 0 Å². The van der Waals surface area contributed by atoms with Crippen LogP contribution in [-0.2, 0) is 0 Å². The number of aryl methyl sites for hydroxylation is 3. The van der Waals surface area contributed by atoms with Crippen LogP contribution in [0.1, 0.15) is 16.7 Å². The van der Waals surface area contributed by atoms with E-state index in [0.717, 1.165) is 28.3 Å². The Hall–Kier alpha value is -1.96. The van der Waals surface area contributed by atoms with E-state index in [1.807, 2.05) is 50.2 Å². The molecule has 17 heavy (non-hydrogen) atoms. The van der Waals surface area contributed by atoms with Crippen LogP contribution in [0.4, 0.5) is 5.69 Å². The van der Waals surface area contributed by atoms with E-state index in [9.17, 15) is 0 Å². The summed E-state index contributed by atoms with van der Waals surface area (Å²) in [4.78, 5) is 0. The molecule has 2 aromatic carbocycles. The van der Waals surface area contributed by atoms with Crippen molar-refractivity contribution in [1.29, 1.82) is 0 Å². The lowest BCUT2D eigenvalue weighted by Crippen LogP contribution is -1.94. The number of hydrogen-bond donors (Lipinski definition) is 1. The van der Waals surface area contributed by atoms with Crippen molar-refractivity contribution in [1.82, 2.24) is 0 Å². The van der Waals surface area contributed by atoms with Crippen molar-refractivity contribution in [2.75, 3.05) is 5.73 Å². The van der Waals surface area contributed by atoms with E-state index < -0.39 is 0 Å². The van der Waals surface area contributed by atoms with Gasteiger partial charge in [-0.25, -0.2) is 0 Å². The SMILES string of the molecule is Cc1ccc(Oc2c(C)cc(N)cc2C)cc1. The Balaban J connectivity index is 2.33. The fraction of sp³-hybridized carbons (Fsp3) is 0.200. The molecule has 0 amide bonds. The lowest BCUT2D eigenvalue weighted by atomic mass is 10.1. The Bertz CT molecular complexity index is 506. The summed E-state index contributed by atoms with van der Waals surface area (Å²) >= 11 is 0. The zero-order valence-electron chi connectivity index (χ0n) is 10.4. The smallest absolute Gasteiger partial charge is 0.133 e. The molecule has 0 aliphatic carbocycles. The fourth-order valence-electron chi connectivity index (χ4n) is 1.87. The molecule has 0 aliphatic heterocycles. The molecule has 0 fully saturated rings. The van der Waals surface area contributed by atoms with E-state index in [-0.39, 0.29) is 0 Å². The van der Waals surface area contributed by atoms with Crippen LogP contribution in [0.25, 0.3) is 0 Å². The first-order valence-corrected chi connectivity index (χ1v) is 5.67. The minimum atomic E-state index is 0.774. The van der Waals surface area contributed by atoms with Crippen LogP contribution in [0, 0.1) is 20.8 Å². The summed E-state index contributed by atoms with van der Waals surface area (Å²) in [5, 5.41) is 0. The first-order valence-electron chi connectivity index (χ1n) is 5.67. The third kappa shape index (κ3) is 2.59. The van der Waals surface area contributed by atoms with Crippen molar-refractivity contribution in [3.8, 4) is 11.5 Å². The molecule has 0 spiro atoms. The number of nitrogens with two attached hydrogens (primary N) is 1. The van der Waals surface area contributed by atoms with Gasteiger partial charge in [0.1, 0.15) is 11.5 Å². The van der Waals surface area contributed by atoms with Crippen molar-refractivity contribution in [2.24, 2.45) is 0 Å². The highest BCUT2D eigenvalue weighted by Gasteiger charge is 2.06. The van der Waals surface area contributed by atoms with Gasteiger partial charge in [-0.05, 0) is 56.2 Å². The monoisotopic (exact) mass is 227 g/mol. The van der Waals surface area contributed by atoms with Gasteiger partial charge in [-0.3, -0.25) is 0 Å². The molecule has 0 bridgehead atoms. The summed E-state index contributed by atoms with van der Waals surface area (Å²) in [7, 11) is 0. The van der Waals surface area contributed by atoms with Gasteiger partial charge in [0.15, 0.2) is 0 Å². The minimum Gasteiger partial charge on any atom is -0.457 e. The summed E-state index contributed by atoms with van der Waals surface area (Å²) in [6.07, 6.45) is 0. The number of benzene rings is 2. The first-order chi connectivity index (χ1) is 8.06. The summed E-state index contributed by atoms with van der Waals surface area (Å²) in [5.74, 6) is 1.75. The van der Waals surface area contributed by atoms with Gasteiger partial charge in [-0.2, -0.15) is 0 Å². The molecule has 2 nitrogen and oxygen atoms in total. The Morgan fingerprint density at radius 2 is 1.41 bits per heavy atom. The lowest BCUT2D eigenvalue weighted by molar-refractivity contribution is 0.475. The summed E-state index contributed by atoms with van der Waals surface area (Å²) in [5.41, 5.74) is 9.90. The van der Waals surface area contributed by atoms with Crippen molar-refractivity contribution in [2.45, 2.75) is 20.8 Å².